The quantitative estimate of drug-likeness (QED) is 0.397. The van der Waals surface area contributed by atoms with Gasteiger partial charge in [0.05, 0.1) is 6.54 Å². The van der Waals surface area contributed by atoms with Gasteiger partial charge in [0.25, 0.3) is 0 Å². The summed E-state index contributed by atoms with van der Waals surface area (Å²) in [5, 5.41) is 14.9. The van der Waals surface area contributed by atoms with Gasteiger partial charge in [0.1, 0.15) is 6.33 Å². The van der Waals surface area contributed by atoms with Crippen molar-refractivity contribution >= 4 is 40.7 Å². The summed E-state index contributed by atoms with van der Waals surface area (Å²) in [7, 11) is 2.97. The highest BCUT2D eigenvalue weighted by Crippen LogP contribution is 2.22. The van der Waals surface area contributed by atoms with Crippen LogP contribution in [0.4, 0.5) is 0 Å². The average molecular weight is 454 g/mol. The fourth-order valence-corrected chi connectivity index (χ4v) is 4.12. The molecule has 3 unspecified atom stereocenters. The van der Waals surface area contributed by atoms with Crippen LogP contribution in [0.1, 0.15) is 38.4 Å². The molecule has 2 N–H and O–H groups in total. The smallest absolute Gasteiger partial charge is 0.191 e. The highest BCUT2D eigenvalue weighted by molar-refractivity contribution is 14.0. The average Bonchev–Trinajstić information content (AvgIpc) is 2.96. The molecule has 0 amide bonds. The van der Waals surface area contributed by atoms with Crippen LogP contribution in [0.5, 0.6) is 0 Å². The Kier molecular flexibility index (Phi) is 9.03. The van der Waals surface area contributed by atoms with E-state index < -0.39 is 10.8 Å². The number of aryl methyl sites for hydroxylation is 1. The van der Waals surface area contributed by atoms with E-state index in [1.54, 1.807) is 13.4 Å². The summed E-state index contributed by atoms with van der Waals surface area (Å²) >= 11 is 0. The van der Waals surface area contributed by atoms with Gasteiger partial charge in [-0.2, -0.15) is 0 Å². The molecule has 0 radical (unpaired) electrons. The Hall–Kier alpha value is -0.710. The van der Waals surface area contributed by atoms with Gasteiger partial charge in [-0.25, -0.2) is 0 Å². The minimum atomic E-state index is -0.704. The zero-order valence-electron chi connectivity index (χ0n) is 14.0. The first kappa shape index (κ1) is 20.3. The maximum Gasteiger partial charge on any atom is 0.191 e. The molecule has 0 saturated heterocycles. The minimum Gasteiger partial charge on any atom is -0.354 e. The number of rotatable bonds is 5. The summed E-state index contributed by atoms with van der Waals surface area (Å²) in [6, 6.07) is 0.333. The first-order valence-corrected chi connectivity index (χ1v) is 9.19. The third kappa shape index (κ3) is 6.02. The second-order valence-corrected chi connectivity index (χ2v) is 7.59. The SMILES string of the molecule is CCS(=O)C1CCCC(NC(=NC)NCc2nncn2C)C1.I. The Bertz CT molecular complexity index is 535. The zero-order valence-corrected chi connectivity index (χ0v) is 17.1. The van der Waals surface area contributed by atoms with E-state index in [1.165, 1.54) is 0 Å². The summed E-state index contributed by atoms with van der Waals surface area (Å²) in [6.45, 7) is 2.57. The van der Waals surface area contributed by atoms with Gasteiger partial charge in [-0.1, -0.05) is 13.3 Å². The largest absolute Gasteiger partial charge is 0.354 e. The van der Waals surface area contributed by atoms with Gasteiger partial charge in [-0.05, 0) is 19.3 Å². The molecule has 23 heavy (non-hydrogen) atoms. The van der Waals surface area contributed by atoms with E-state index >= 15 is 0 Å². The maximum atomic E-state index is 12.0. The summed E-state index contributed by atoms with van der Waals surface area (Å²) in [6.07, 6.45) is 5.92. The number of halogens is 1. The summed E-state index contributed by atoms with van der Waals surface area (Å²) < 4.78 is 13.9. The van der Waals surface area contributed by atoms with Crippen LogP contribution < -0.4 is 10.6 Å². The molecule has 2 rings (SSSR count). The van der Waals surface area contributed by atoms with Crippen LogP contribution in [0, 0.1) is 0 Å². The molecule has 7 nitrogen and oxygen atoms in total. The number of nitrogens with one attached hydrogen (secondary N) is 2. The molecule has 3 atom stereocenters. The summed E-state index contributed by atoms with van der Waals surface area (Å²) in [5.41, 5.74) is 0. The number of aliphatic imine (C=N–C) groups is 1. The second kappa shape index (κ2) is 10.2. The number of aromatic nitrogens is 3. The predicted molar refractivity (Wildman–Crippen MR) is 104 cm³/mol. The molecule has 0 spiro atoms. The number of hydrogen-bond donors (Lipinski definition) is 2. The van der Waals surface area contributed by atoms with Crippen LogP contribution in [0.15, 0.2) is 11.3 Å². The van der Waals surface area contributed by atoms with Crippen molar-refractivity contribution in [1.82, 2.24) is 25.4 Å². The molecule has 1 fully saturated rings. The lowest BCUT2D eigenvalue weighted by Crippen LogP contribution is -2.46. The van der Waals surface area contributed by atoms with E-state index in [4.69, 9.17) is 0 Å². The molecular weight excluding hydrogens is 427 g/mol. The van der Waals surface area contributed by atoms with Gasteiger partial charge in [0.15, 0.2) is 11.8 Å². The molecule has 0 aromatic carbocycles. The third-order valence-corrected chi connectivity index (χ3v) is 5.81. The van der Waals surface area contributed by atoms with Crippen molar-refractivity contribution in [3.8, 4) is 0 Å². The first-order chi connectivity index (χ1) is 10.6. The highest BCUT2D eigenvalue weighted by atomic mass is 127. The molecule has 1 aromatic rings. The molecule has 1 aliphatic rings. The molecule has 1 aliphatic carbocycles. The van der Waals surface area contributed by atoms with E-state index in [2.05, 4.69) is 25.8 Å². The van der Waals surface area contributed by atoms with E-state index in [0.717, 1.165) is 43.2 Å². The van der Waals surface area contributed by atoms with Crippen LogP contribution in [0.2, 0.25) is 0 Å². The maximum absolute atomic E-state index is 12.0. The van der Waals surface area contributed by atoms with Crippen LogP contribution in [0.3, 0.4) is 0 Å². The van der Waals surface area contributed by atoms with Crippen LogP contribution in [-0.4, -0.2) is 49.0 Å². The van der Waals surface area contributed by atoms with Crippen LogP contribution >= 0.6 is 24.0 Å². The van der Waals surface area contributed by atoms with Gasteiger partial charge >= 0.3 is 0 Å². The Labute approximate surface area is 157 Å². The normalized spacial score (nSPS) is 23.0. The van der Waals surface area contributed by atoms with Crippen molar-refractivity contribution in [2.45, 2.75) is 50.4 Å². The highest BCUT2D eigenvalue weighted by Gasteiger charge is 2.26. The lowest BCUT2D eigenvalue weighted by Gasteiger charge is -2.30. The van der Waals surface area contributed by atoms with Crippen molar-refractivity contribution < 1.29 is 4.21 Å². The third-order valence-electron chi connectivity index (χ3n) is 4.07. The molecule has 132 valence electrons. The van der Waals surface area contributed by atoms with Crippen molar-refractivity contribution in [3.05, 3.63) is 12.2 Å². The van der Waals surface area contributed by atoms with Gasteiger partial charge < -0.3 is 15.2 Å². The molecule has 0 bridgehead atoms. The van der Waals surface area contributed by atoms with Crippen LogP contribution in [-0.2, 0) is 24.4 Å². The van der Waals surface area contributed by atoms with Crippen molar-refractivity contribution in [3.63, 3.8) is 0 Å². The summed E-state index contributed by atoms with van der Waals surface area (Å²) in [5.74, 6) is 2.36. The summed E-state index contributed by atoms with van der Waals surface area (Å²) in [4.78, 5) is 4.26. The number of hydrogen-bond acceptors (Lipinski definition) is 4. The van der Waals surface area contributed by atoms with Gasteiger partial charge in [-0.15, -0.1) is 34.2 Å². The van der Waals surface area contributed by atoms with Crippen LogP contribution in [0.25, 0.3) is 0 Å². The minimum absolute atomic E-state index is 0. The molecule has 1 aromatic heterocycles. The molecular formula is C14H27IN6OS. The Morgan fingerprint density at radius 2 is 2.30 bits per heavy atom. The van der Waals surface area contributed by atoms with Gasteiger partial charge in [-0.3, -0.25) is 9.20 Å². The number of guanidine groups is 1. The Morgan fingerprint density at radius 1 is 1.52 bits per heavy atom. The number of nitrogens with zero attached hydrogens (tertiary/aromatic N) is 4. The van der Waals surface area contributed by atoms with Gasteiger partial charge in [0.2, 0.25) is 0 Å². The van der Waals surface area contributed by atoms with Crippen molar-refractivity contribution in [2.75, 3.05) is 12.8 Å². The van der Waals surface area contributed by atoms with Crippen molar-refractivity contribution in [1.29, 1.82) is 0 Å². The Morgan fingerprint density at radius 3 is 2.91 bits per heavy atom. The molecule has 1 saturated carbocycles. The zero-order chi connectivity index (χ0) is 15.9. The fraction of sp³-hybridized carbons (Fsp3) is 0.786. The van der Waals surface area contributed by atoms with E-state index in [0.29, 0.717) is 17.8 Å². The van der Waals surface area contributed by atoms with E-state index in [-0.39, 0.29) is 24.0 Å². The van der Waals surface area contributed by atoms with Gasteiger partial charge in [0, 0.05) is 41.9 Å². The molecule has 1 heterocycles. The fourth-order valence-electron chi connectivity index (χ4n) is 2.77. The predicted octanol–water partition coefficient (Wildman–Crippen LogP) is 1.18. The van der Waals surface area contributed by atoms with E-state index in [1.807, 2.05) is 18.5 Å². The molecule has 0 aliphatic heterocycles. The second-order valence-electron chi connectivity index (χ2n) is 5.58. The van der Waals surface area contributed by atoms with E-state index in [9.17, 15) is 4.21 Å². The lowest BCUT2D eigenvalue weighted by atomic mass is 9.95. The first-order valence-electron chi connectivity index (χ1n) is 7.81. The Balaban J connectivity index is 0.00000264. The molecule has 9 heteroatoms. The van der Waals surface area contributed by atoms with Crippen molar-refractivity contribution in [2.24, 2.45) is 12.0 Å². The standard InChI is InChI=1S/C14H26N6OS.HI/c1-4-22(21)12-7-5-6-11(8-12)18-14(15-2)16-9-13-19-17-10-20(13)3;/h10-12H,4-9H2,1-3H3,(H2,15,16,18);1H. The topological polar surface area (TPSA) is 84.2 Å². The monoisotopic (exact) mass is 454 g/mol. The lowest BCUT2D eigenvalue weighted by molar-refractivity contribution is 0.413.